The molecule has 0 unspecified atom stereocenters. The van der Waals surface area contributed by atoms with E-state index in [1.807, 2.05) is 0 Å². The molecule has 1 heterocycles. The quantitative estimate of drug-likeness (QED) is 0.843. The van der Waals surface area contributed by atoms with Crippen LogP contribution < -0.4 is 10.6 Å². The fourth-order valence-corrected chi connectivity index (χ4v) is 2.53. The van der Waals surface area contributed by atoms with E-state index in [0.29, 0.717) is 12.6 Å². The second kappa shape index (κ2) is 4.87. The van der Waals surface area contributed by atoms with Gasteiger partial charge in [0.25, 0.3) is 0 Å². The van der Waals surface area contributed by atoms with E-state index < -0.39 is 0 Å². The number of hydrogen-bond donors (Lipinski definition) is 1. The molecule has 16 heavy (non-hydrogen) atoms. The summed E-state index contributed by atoms with van der Waals surface area (Å²) >= 11 is 0. The van der Waals surface area contributed by atoms with Crippen molar-refractivity contribution in [2.24, 2.45) is 5.73 Å². The van der Waals surface area contributed by atoms with Gasteiger partial charge in [-0.2, -0.15) is 0 Å². The summed E-state index contributed by atoms with van der Waals surface area (Å²) in [6.07, 6.45) is 7.46. The van der Waals surface area contributed by atoms with Crippen molar-refractivity contribution < 1.29 is 0 Å². The van der Waals surface area contributed by atoms with Crippen molar-refractivity contribution >= 4 is 5.95 Å². The molecule has 0 radical (unpaired) electrons. The second-order valence-electron chi connectivity index (χ2n) is 4.74. The summed E-state index contributed by atoms with van der Waals surface area (Å²) in [5, 5.41) is 0. The van der Waals surface area contributed by atoms with Crippen LogP contribution in [0, 0.1) is 6.92 Å². The molecule has 1 fully saturated rings. The first-order valence-electron chi connectivity index (χ1n) is 6.19. The van der Waals surface area contributed by atoms with E-state index in [1.165, 1.54) is 25.7 Å². The lowest BCUT2D eigenvalue weighted by atomic mass is 10.2. The summed E-state index contributed by atoms with van der Waals surface area (Å²) in [7, 11) is 2.07. The zero-order valence-electron chi connectivity index (χ0n) is 10.3. The Labute approximate surface area is 97.4 Å². The zero-order chi connectivity index (χ0) is 11.5. The Kier molecular flexibility index (Phi) is 3.49. The van der Waals surface area contributed by atoms with Gasteiger partial charge in [0.05, 0.1) is 5.69 Å². The van der Waals surface area contributed by atoms with Gasteiger partial charge < -0.3 is 15.2 Å². The van der Waals surface area contributed by atoms with Gasteiger partial charge in [-0.1, -0.05) is 12.8 Å². The fraction of sp³-hybridized carbons (Fsp3) is 0.750. The predicted octanol–water partition coefficient (Wildman–Crippen LogP) is 1.70. The SMILES string of the molecule is Cc1cn(C2CCCC2)c(N(C)CCN)n1. The molecule has 0 atom stereocenters. The van der Waals surface area contributed by atoms with Gasteiger partial charge in [0.2, 0.25) is 5.95 Å². The Morgan fingerprint density at radius 1 is 1.50 bits per heavy atom. The van der Waals surface area contributed by atoms with Crippen LogP contribution in [-0.2, 0) is 0 Å². The number of rotatable bonds is 4. The highest BCUT2D eigenvalue weighted by Gasteiger charge is 2.21. The zero-order valence-corrected chi connectivity index (χ0v) is 10.3. The standard InChI is InChI=1S/C12H22N4/c1-10-9-16(11-5-3-4-6-11)12(14-10)15(2)8-7-13/h9,11H,3-8,13H2,1-2H3. The van der Waals surface area contributed by atoms with Crippen molar-refractivity contribution in [2.45, 2.75) is 38.6 Å². The van der Waals surface area contributed by atoms with Gasteiger partial charge in [-0.05, 0) is 19.8 Å². The Hall–Kier alpha value is -1.03. The van der Waals surface area contributed by atoms with E-state index in [0.717, 1.165) is 18.2 Å². The molecule has 0 bridgehead atoms. The van der Waals surface area contributed by atoms with Gasteiger partial charge in [-0.25, -0.2) is 4.98 Å². The summed E-state index contributed by atoms with van der Waals surface area (Å²) in [5.41, 5.74) is 6.70. The summed E-state index contributed by atoms with van der Waals surface area (Å²) in [4.78, 5) is 6.77. The maximum Gasteiger partial charge on any atom is 0.205 e. The summed E-state index contributed by atoms with van der Waals surface area (Å²) < 4.78 is 2.35. The molecule has 2 N–H and O–H groups in total. The van der Waals surface area contributed by atoms with Crippen LogP contribution in [-0.4, -0.2) is 29.7 Å². The van der Waals surface area contributed by atoms with E-state index >= 15 is 0 Å². The first-order chi connectivity index (χ1) is 7.72. The Bertz CT molecular complexity index is 339. The van der Waals surface area contributed by atoms with Crippen LogP contribution in [0.3, 0.4) is 0 Å². The van der Waals surface area contributed by atoms with Crippen molar-refractivity contribution in [3.63, 3.8) is 0 Å². The molecular formula is C12H22N4. The van der Waals surface area contributed by atoms with Gasteiger partial charge in [0.1, 0.15) is 0 Å². The highest BCUT2D eigenvalue weighted by atomic mass is 15.3. The highest BCUT2D eigenvalue weighted by Crippen LogP contribution is 2.32. The van der Waals surface area contributed by atoms with Gasteiger partial charge in [0.15, 0.2) is 0 Å². The minimum Gasteiger partial charge on any atom is -0.344 e. The summed E-state index contributed by atoms with van der Waals surface area (Å²) in [5.74, 6) is 1.08. The molecule has 0 spiro atoms. The third-order valence-corrected chi connectivity index (χ3v) is 3.36. The van der Waals surface area contributed by atoms with Crippen LogP contribution in [0.2, 0.25) is 0 Å². The lowest BCUT2D eigenvalue weighted by molar-refractivity contribution is 0.515. The van der Waals surface area contributed by atoms with Crippen LogP contribution in [0.25, 0.3) is 0 Å². The topological polar surface area (TPSA) is 47.1 Å². The molecule has 1 aliphatic carbocycles. The van der Waals surface area contributed by atoms with E-state index in [2.05, 4.69) is 34.6 Å². The maximum absolute atomic E-state index is 5.60. The monoisotopic (exact) mass is 222 g/mol. The van der Waals surface area contributed by atoms with Crippen LogP contribution >= 0.6 is 0 Å². The lowest BCUT2D eigenvalue weighted by Crippen LogP contribution is -2.28. The number of likely N-dealkylation sites (N-methyl/N-ethyl adjacent to an activating group) is 1. The second-order valence-corrected chi connectivity index (χ2v) is 4.74. The fourth-order valence-electron chi connectivity index (χ4n) is 2.53. The Morgan fingerprint density at radius 2 is 2.19 bits per heavy atom. The molecule has 1 aromatic heterocycles. The lowest BCUT2D eigenvalue weighted by Gasteiger charge is -2.22. The third kappa shape index (κ3) is 2.21. The number of hydrogen-bond acceptors (Lipinski definition) is 3. The molecule has 90 valence electrons. The minimum atomic E-state index is 0.649. The number of nitrogens with two attached hydrogens (primary N) is 1. The third-order valence-electron chi connectivity index (χ3n) is 3.36. The summed E-state index contributed by atoms with van der Waals surface area (Å²) in [6.45, 7) is 3.60. The molecule has 0 aromatic carbocycles. The predicted molar refractivity (Wildman–Crippen MR) is 66.8 cm³/mol. The van der Waals surface area contributed by atoms with Crippen LogP contribution in [0.5, 0.6) is 0 Å². The van der Waals surface area contributed by atoms with Gasteiger partial charge in [-0.15, -0.1) is 0 Å². The minimum absolute atomic E-state index is 0.649. The van der Waals surface area contributed by atoms with Crippen molar-refractivity contribution in [2.75, 3.05) is 25.0 Å². The van der Waals surface area contributed by atoms with Crippen LogP contribution in [0.1, 0.15) is 37.4 Å². The average Bonchev–Trinajstić information content (AvgIpc) is 2.85. The number of imidazole rings is 1. The normalized spacial score (nSPS) is 16.9. The highest BCUT2D eigenvalue weighted by molar-refractivity contribution is 5.33. The van der Waals surface area contributed by atoms with Gasteiger partial charge in [-0.3, -0.25) is 0 Å². The van der Waals surface area contributed by atoms with E-state index in [1.54, 1.807) is 0 Å². The largest absolute Gasteiger partial charge is 0.344 e. The Morgan fingerprint density at radius 3 is 2.81 bits per heavy atom. The first-order valence-corrected chi connectivity index (χ1v) is 6.19. The van der Waals surface area contributed by atoms with Gasteiger partial charge in [0, 0.05) is 32.4 Å². The number of aromatic nitrogens is 2. The molecule has 0 saturated heterocycles. The van der Waals surface area contributed by atoms with E-state index in [4.69, 9.17) is 5.73 Å². The van der Waals surface area contributed by atoms with Crippen LogP contribution in [0.4, 0.5) is 5.95 Å². The van der Waals surface area contributed by atoms with Crippen LogP contribution in [0.15, 0.2) is 6.20 Å². The van der Waals surface area contributed by atoms with Crippen molar-refractivity contribution in [3.05, 3.63) is 11.9 Å². The molecule has 1 aromatic rings. The maximum atomic E-state index is 5.60. The molecule has 0 aliphatic heterocycles. The molecule has 4 nitrogen and oxygen atoms in total. The molecule has 1 aliphatic rings. The molecular weight excluding hydrogens is 200 g/mol. The molecule has 4 heteroatoms. The number of anilines is 1. The van der Waals surface area contributed by atoms with Gasteiger partial charge >= 0.3 is 0 Å². The van der Waals surface area contributed by atoms with E-state index in [-0.39, 0.29) is 0 Å². The van der Waals surface area contributed by atoms with Crippen molar-refractivity contribution in [1.82, 2.24) is 9.55 Å². The first kappa shape index (κ1) is 11.5. The average molecular weight is 222 g/mol. The Balaban J connectivity index is 2.22. The van der Waals surface area contributed by atoms with Crippen molar-refractivity contribution in [1.29, 1.82) is 0 Å². The number of nitrogens with zero attached hydrogens (tertiary/aromatic N) is 3. The molecule has 2 rings (SSSR count). The van der Waals surface area contributed by atoms with Crippen molar-refractivity contribution in [3.8, 4) is 0 Å². The summed E-state index contributed by atoms with van der Waals surface area (Å²) in [6, 6.07) is 0.649. The smallest absolute Gasteiger partial charge is 0.205 e. The van der Waals surface area contributed by atoms with E-state index in [9.17, 15) is 0 Å². The molecule has 0 amide bonds. The molecule has 1 saturated carbocycles. The number of aryl methyl sites for hydroxylation is 1.